The molecular formula is C15H26O4. The molecule has 6 atom stereocenters. The number of esters is 1. The quantitative estimate of drug-likeness (QED) is 0.714. The summed E-state index contributed by atoms with van der Waals surface area (Å²) >= 11 is 0. The number of rotatable bonds is 1. The lowest BCUT2D eigenvalue weighted by atomic mass is 9.49. The standard InChI is InChI=1S/C15H26O4/c1-9-7-13(17)15(18)8-12(19-11(3)16)5-6-14(15,4)10(9)2/h9-10,12-13,17-18H,5-8H2,1-4H3/t9?,10?,12-,13+,14+,15-/m0/s1. The Labute approximate surface area is 115 Å². The minimum atomic E-state index is -1.14. The average Bonchev–Trinajstić information content (AvgIpc) is 2.30. The van der Waals surface area contributed by atoms with Crippen LogP contribution in [0.2, 0.25) is 0 Å². The van der Waals surface area contributed by atoms with E-state index in [1.54, 1.807) is 0 Å². The van der Waals surface area contributed by atoms with Gasteiger partial charge in [-0.05, 0) is 31.1 Å². The highest BCUT2D eigenvalue weighted by Crippen LogP contribution is 2.57. The summed E-state index contributed by atoms with van der Waals surface area (Å²) in [4.78, 5) is 11.1. The number of hydrogen-bond acceptors (Lipinski definition) is 4. The first kappa shape index (κ1) is 14.8. The molecule has 2 fully saturated rings. The van der Waals surface area contributed by atoms with Gasteiger partial charge in [0.25, 0.3) is 0 Å². The fourth-order valence-corrected chi connectivity index (χ4v) is 4.21. The van der Waals surface area contributed by atoms with Gasteiger partial charge >= 0.3 is 5.97 Å². The Bertz CT molecular complexity index is 369. The maximum absolute atomic E-state index is 11.1. The van der Waals surface area contributed by atoms with Gasteiger partial charge in [-0.3, -0.25) is 4.79 Å². The van der Waals surface area contributed by atoms with Crippen LogP contribution >= 0.6 is 0 Å². The molecule has 2 N–H and O–H groups in total. The summed E-state index contributed by atoms with van der Waals surface area (Å²) in [7, 11) is 0. The lowest BCUT2D eigenvalue weighted by Gasteiger charge is -2.60. The molecule has 0 aromatic rings. The average molecular weight is 270 g/mol. The summed E-state index contributed by atoms with van der Waals surface area (Å²) in [6.45, 7) is 7.75. The molecule has 19 heavy (non-hydrogen) atoms. The second-order valence-corrected chi connectivity index (χ2v) is 6.83. The summed E-state index contributed by atoms with van der Waals surface area (Å²) in [5.41, 5.74) is -1.45. The number of carbonyl (C=O) groups is 1. The molecule has 2 unspecified atom stereocenters. The van der Waals surface area contributed by atoms with E-state index in [2.05, 4.69) is 20.8 Å². The third-order valence-corrected chi connectivity index (χ3v) is 5.85. The van der Waals surface area contributed by atoms with Gasteiger partial charge in [-0.15, -0.1) is 0 Å². The van der Waals surface area contributed by atoms with Crippen LogP contribution in [0.4, 0.5) is 0 Å². The second kappa shape index (κ2) is 4.74. The van der Waals surface area contributed by atoms with Crippen molar-refractivity contribution in [2.45, 2.75) is 71.2 Å². The molecule has 0 heterocycles. The van der Waals surface area contributed by atoms with E-state index >= 15 is 0 Å². The van der Waals surface area contributed by atoms with Crippen molar-refractivity contribution < 1.29 is 19.7 Å². The smallest absolute Gasteiger partial charge is 0.302 e. The van der Waals surface area contributed by atoms with E-state index in [9.17, 15) is 15.0 Å². The summed E-state index contributed by atoms with van der Waals surface area (Å²) in [6.07, 6.45) is 1.50. The molecule has 2 aliphatic carbocycles. The lowest BCUT2D eigenvalue weighted by molar-refractivity contribution is -0.245. The maximum atomic E-state index is 11.1. The molecule has 0 aromatic heterocycles. The van der Waals surface area contributed by atoms with Crippen LogP contribution in [0, 0.1) is 17.3 Å². The summed E-state index contributed by atoms with van der Waals surface area (Å²) < 4.78 is 5.25. The number of fused-ring (bicyclic) bond motifs is 1. The van der Waals surface area contributed by atoms with E-state index in [-0.39, 0.29) is 17.5 Å². The number of ether oxygens (including phenoxy) is 1. The van der Waals surface area contributed by atoms with Gasteiger partial charge in [-0.25, -0.2) is 0 Å². The van der Waals surface area contributed by atoms with Gasteiger partial charge in [-0.2, -0.15) is 0 Å². The fourth-order valence-electron chi connectivity index (χ4n) is 4.21. The van der Waals surface area contributed by atoms with Crippen LogP contribution in [0.15, 0.2) is 0 Å². The fraction of sp³-hybridized carbons (Fsp3) is 0.933. The molecule has 2 aliphatic rings. The monoisotopic (exact) mass is 270 g/mol. The van der Waals surface area contributed by atoms with Crippen LogP contribution in [-0.4, -0.2) is 34.0 Å². The zero-order chi connectivity index (χ0) is 14.4. The largest absolute Gasteiger partial charge is 0.462 e. The molecule has 2 rings (SSSR count). The van der Waals surface area contributed by atoms with Crippen molar-refractivity contribution in [3.05, 3.63) is 0 Å². The Kier molecular flexibility index (Phi) is 3.69. The first-order chi connectivity index (χ1) is 8.70. The first-order valence-corrected chi connectivity index (χ1v) is 7.28. The third-order valence-electron chi connectivity index (χ3n) is 5.85. The van der Waals surface area contributed by atoms with Gasteiger partial charge in [0, 0.05) is 18.8 Å². The van der Waals surface area contributed by atoms with Gasteiger partial charge < -0.3 is 14.9 Å². The van der Waals surface area contributed by atoms with E-state index in [0.29, 0.717) is 24.7 Å². The Hall–Kier alpha value is -0.610. The third kappa shape index (κ3) is 2.19. The molecule has 2 saturated carbocycles. The minimum Gasteiger partial charge on any atom is -0.462 e. The van der Waals surface area contributed by atoms with Crippen molar-refractivity contribution in [2.24, 2.45) is 17.3 Å². The van der Waals surface area contributed by atoms with E-state index in [0.717, 1.165) is 12.8 Å². The molecule has 0 aromatic carbocycles. The van der Waals surface area contributed by atoms with Crippen molar-refractivity contribution in [1.29, 1.82) is 0 Å². The number of aliphatic hydroxyl groups is 2. The summed E-state index contributed by atoms with van der Waals surface area (Å²) in [5, 5.41) is 21.4. The van der Waals surface area contributed by atoms with Gasteiger partial charge in [0.05, 0.1) is 11.7 Å². The molecule has 0 aliphatic heterocycles. The highest BCUT2D eigenvalue weighted by atomic mass is 16.5. The zero-order valence-electron chi connectivity index (χ0n) is 12.3. The van der Waals surface area contributed by atoms with Crippen molar-refractivity contribution in [3.63, 3.8) is 0 Å². The molecule has 0 saturated heterocycles. The molecule has 0 amide bonds. The lowest BCUT2D eigenvalue weighted by Crippen LogP contribution is -2.66. The van der Waals surface area contributed by atoms with Crippen molar-refractivity contribution in [1.82, 2.24) is 0 Å². The number of hydrogen-bond donors (Lipinski definition) is 2. The van der Waals surface area contributed by atoms with Gasteiger partial charge in [0.1, 0.15) is 6.10 Å². The maximum Gasteiger partial charge on any atom is 0.302 e. The normalized spacial score (nSPS) is 50.4. The molecule has 4 heteroatoms. The Morgan fingerprint density at radius 3 is 2.58 bits per heavy atom. The SMILES string of the molecule is CC(=O)O[C@H]1CC[C@]2(C)C(C)C(C)C[C@@H](O)[C@@]2(O)C1. The van der Waals surface area contributed by atoms with Gasteiger partial charge in [0.15, 0.2) is 0 Å². The summed E-state index contributed by atoms with van der Waals surface area (Å²) in [5.74, 6) is 0.425. The Balaban J connectivity index is 2.26. The number of carbonyl (C=O) groups excluding carboxylic acids is 1. The molecule has 0 bridgehead atoms. The van der Waals surface area contributed by atoms with E-state index in [4.69, 9.17) is 4.74 Å². The topological polar surface area (TPSA) is 66.8 Å². The molecule has 4 nitrogen and oxygen atoms in total. The predicted octanol–water partition coefficient (Wildman–Crippen LogP) is 1.88. The highest BCUT2D eigenvalue weighted by Gasteiger charge is 2.61. The minimum absolute atomic E-state index is 0.272. The molecule has 110 valence electrons. The highest BCUT2D eigenvalue weighted by molar-refractivity contribution is 5.66. The van der Waals surface area contributed by atoms with Crippen molar-refractivity contribution in [2.75, 3.05) is 0 Å². The molecule has 0 spiro atoms. The Morgan fingerprint density at radius 1 is 1.37 bits per heavy atom. The van der Waals surface area contributed by atoms with Crippen LogP contribution in [0.3, 0.4) is 0 Å². The van der Waals surface area contributed by atoms with Crippen LogP contribution in [0.1, 0.15) is 53.4 Å². The van der Waals surface area contributed by atoms with E-state index in [1.165, 1.54) is 6.92 Å². The first-order valence-electron chi connectivity index (χ1n) is 7.28. The molecule has 0 radical (unpaired) electrons. The summed E-state index contributed by atoms with van der Waals surface area (Å²) in [6, 6.07) is 0. The number of aliphatic hydroxyl groups excluding tert-OH is 1. The van der Waals surface area contributed by atoms with E-state index in [1.807, 2.05) is 0 Å². The van der Waals surface area contributed by atoms with E-state index < -0.39 is 11.7 Å². The van der Waals surface area contributed by atoms with Gasteiger partial charge in [0.2, 0.25) is 0 Å². The van der Waals surface area contributed by atoms with Crippen LogP contribution in [0.5, 0.6) is 0 Å². The Morgan fingerprint density at radius 2 is 2.00 bits per heavy atom. The van der Waals surface area contributed by atoms with Crippen molar-refractivity contribution in [3.8, 4) is 0 Å². The second-order valence-electron chi connectivity index (χ2n) is 6.83. The predicted molar refractivity (Wildman–Crippen MR) is 71.4 cm³/mol. The van der Waals surface area contributed by atoms with Crippen LogP contribution in [-0.2, 0) is 9.53 Å². The van der Waals surface area contributed by atoms with Crippen LogP contribution in [0.25, 0.3) is 0 Å². The van der Waals surface area contributed by atoms with Gasteiger partial charge in [-0.1, -0.05) is 20.8 Å². The van der Waals surface area contributed by atoms with Crippen molar-refractivity contribution >= 4 is 5.97 Å². The zero-order valence-corrected chi connectivity index (χ0v) is 12.3. The molecular weight excluding hydrogens is 244 g/mol. The van der Waals surface area contributed by atoms with Crippen LogP contribution < -0.4 is 0 Å².